The molecule has 1 aromatic heterocycles. The van der Waals surface area contributed by atoms with Gasteiger partial charge in [0.1, 0.15) is 5.82 Å². The van der Waals surface area contributed by atoms with Crippen molar-refractivity contribution in [2.24, 2.45) is 5.73 Å². The molecule has 0 spiro atoms. The zero-order chi connectivity index (χ0) is 11.4. The average molecular weight is 237 g/mol. The summed E-state index contributed by atoms with van der Waals surface area (Å²) < 4.78 is 0. The molecule has 16 heavy (non-hydrogen) atoms. The van der Waals surface area contributed by atoms with Gasteiger partial charge in [0.05, 0.1) is 0 Å². The summed E-state index contributed by atoms with van der Waals surface area (Å²) in [6.07, 6.45) is 3.10. The van der Waals surface area contributed by atoms with Gasteiger partial charge in [-0.05, 0) is 24.1 Å². The predicted molar refractivity (Wildman–Crippen MR) is 70.9 cm³/mol. The number of nitrogens with two attached hydrogens (primary N) is 1. The normalized spacial score (nSPS) is 21.1. The zero-order valence-corrected chi connectivity index (χ0v) is 10.5. The third kappa shape index (κ3) is 2.68. The van der Waals surface area contributed by atoms with Crippen molar-refractivity contribution in [3.8, 4) is 0 Å². The van der Waals surface area contributed by atoms with Crippen LogP contribution in [0.4, 0.5) is 5.82 Å². The molecule has 1 atom stereocenters. The van der Waals surface area contributed by atoms with Crippen LogP contribution in [-0.2, 0) is 6.54 Å². The van der Waals surface area contributed by atoms with Crippen molar-refractivity contribution in [3.63, 3.8) is 0 Å². The van der Waals surface area contributed by atoms with E-state index < -0.39 is 0 Å². The number of rotatable bonds is 3. The fourth-order valence-corrected chi connectivity index (χ4v) is 3.12. The lowest BCUT2D eigenvalue weighted by molar-refractivity contribution is 0.719. The number of nitrogens with zero attached hydrogens (tertiary/aromatic N) is 2. The Balaban J connectivity index is 2.10. The van der Waals surface area contributed by atoms with Crippen molar-refractivity contribution >= 4 is 17.6 Å². The van der Waals surface area contributed by atoms with Crippen molar-refractivity contribution in [3.05, 3.63) is 23.9 Å². The molecule has 4 heteroatoms. The lowest BCUT2D eigenvalue weighted by Gasteiger charge is -2.32. The maximum absolute atomic E-state index is 5.65. The Morgan fingerprint density at radius 2 is 2.50 bits per heavy atom. The van der Waals surface area contributed by atoms with Crippen molar-refractivity contribution < 1.29 is 0 Å². The van der Waals surface area contributed by atoms with Crippen LogP contribution in [0.15, 0.2) is 18.3 Å². The molecular formula is C12H19N3S. The van der Waals surface area contributed by atoms with Crippen LogP contribution in [0.3, 0.4) is 0 Å². The second kappa shape index (κ2) is 5.55. The maximum Gasteiger partial charge on any atom is 0.128 e. The Morgan fingerprint density at radius 1 is 1.62 bits per heavy atom. The SMILES string of the molecule is CCC1CN(c2cc(CN)ccn2)CCS1. The Labute approximate surface area is 101 Å². The highest BCUT2D eigenvalue weighted by Crippen LogP contribution is 2.24. The first-order valence-corrected chi connectivity index (χ1v) is 6.90. The fraction of sp³-hybridized carbons (Fsp3) is 0.583. The van der Waals surface area contributed by atoms with Crippen LogP contribution in [0.5, 0.6) is 0 Å². The minimum Gasteiger partial charge on any atom is -0.355 e. The highest BCUT2D eigenvalue weighted by molar-refractivity contribution is 8.00. The van der Waals surface area contributed by atoms with Gasteiger partial charge in [-0.3, -0.25) is 0 Å². The van der Waals surface area contributed by atoms with Gasteiger partial charge in [-0.2, -0.15) is 11.8 Å². The molecule has 0 radical (unpaired) electrons. The molecule has 1 aliphatic heterocycles. The van der Waals surface area contributed by atoms with Crippen LogP contribution in [-0.4, -0.2) is 29.1 Å². The Hall–Kier alpha value is -0.740. The van der Waals surface area contributed by atoms with E-state index in [2.05, 4.69) is 34.6 Å². The molecule has 0 bridgehead atoms. The first-order chi connectivity index (χ1) is 7.83. The molecule has 1 saturated heterocycles. The quantitative estimate of drug-likeness (QED) is 0.871. The van der Waals surface area contributed by atoms with Gasteiger partial charge in [0.2, 0.25) is 0 Å². The highest BCUT2D eigenvalue weighted by atomic mass is 32.2. The number of hydrogen-bond acceptors (Lipinski definition) is 4. The number of thioether (sulfide) groups is 1. The van der Waals surface area contributed by atoms with E-state index in [-0.39, 0.29) is 0 Å². The molecule has 1 aliphatic rings. The summed E-state index contributed by atoms with van der Waals surface area (Å²) in [5.41, 5.74) is 6.81. The second-order valence-corrected chi connectivity index (χ2v) is 5.48. The largest absolute Gasteiger partial charge is 0.355 e. The van der Waals surface area contributed by atoms with Crippen molar-refractivity contribution in [2.75, 3.05) is 23.7 Å². The van der Waals surface area contributed by atoms with Crippen molar-refractivity contribution in [1.29, 1.82) is 0 Å². The van der Waals surface area contributed by atoms with Crippen LogP contribution in [0.2, 0.25) is 0 Å². The lowest BCUT2D eigenvalue weighted by atomic mass is 10.2. The minimum absolute atomic E-state index is 0.593. The molecule has 2 rings (SSSR count). The summed E-state index contributed by atoms with van der Waals surface area (Å²) in [7, 11) is 0. The van der Waals surface area contributed by atoms with Crippen LogP contribution in [0, 0.1) is 0 Å². The number of aromatic nitrogens is 1. The smallest absolute Gasteiger partial charge is 0.128 e. The molecule has 0 aliphatic carbocycles. The standard InChI is InChI=1S/C12H19N3S/c1-2-11-9-15(5-6-16-11)12-7-10(8-13)3-4-14-12/h3-4,7,11H,2,5-6,8-9,13H2,1H3. The summed E-state index contributed by atoms with van der Waals surface area (Å²) in [5, 5.41) is 0.747. The maximum atomic E-state index is 5.65. The third-order valence-corrected chi connectivity index (χ3v) is 4.34. The van der Waals surface area contributed by atoms with Crippen LogP contribution < -0.4 is 10.6 Å². The van der Waals surface area contributed by atoms with Crippen molar-refractivity contribution in [2.45, 2.75) is 25.1 Å². The molecule has 3 nitrogen and oxygen atoms in total. The fourth-order valence-electron chi connectivity index (χ4n) is 1.93. The van der Waals surface area contributed by atoms with Gasteiger partial charge in [0.25, 0.3) is 0 Å². The van der Waals surface area contributed by atoms with E-state index in [1.54, 1.807) is 0 Å². The molecule has 0 saturated carbocycles. The van der Waals surface area contributed by atoms with Gasteiger partial charge in [0, 0.05) is 36.8 Å². The second-order valence-electron chi connectivity index (χ2n) is 4.07. The molecule has 1 fully saturated rings. The summed E-state index contributed by atoms with van der Waals surface area (Å²) in [6, 6.07) is 4.10. The van der Waals surface area contributed by atoms with Crippen LogP contribution in [0.25, 0.3) is 0 Å². The minimum atomic E-state index is 0.593. The zero-order valence-electron chi connectivity index (χ0n) is 9.72. The summed E-state index contributed by atoms with van der Waals surface area (Å²) in [6.45, 7) is 5.06. The average Bonchev–Trinajstić information content (AvgIpc) is 2.39. The number of hydrogen-bond donors (Lipinski definition) is 1. The van der Waals surface area contributed by atoms with E-state index in [0.717, 1.165) is 29.7 Å². The van der Waals surface area contributed by atoms with Crippen molar-refractivity contribution in [1.82, 2.24) is 4.98 Å². The molecule has 1 unspecified atom stereocenters. The topological polar surface area (TPSA) is 42.1 Å². The van der Waals surface area contributed by atoms with Crippen LogP contribution >= 0.6 is 11.8 Å². The van der Waals surface area contributed by atoms with Gasteiger partial charge in [0.15, 0.2) is 0 Å². The van der Waals surface area contributed by atoms with Gasteiger partial charge in [-0.15, -0.1) is 0 Å². The molecular weight excluding hydrogens is 218 g/mol. The monoisotopic (exact) mass is 237 g/mol. The number of pyridine rings is 1. The molecule has 1 aromatic rings. The molecule has 2 heterocycles. The molecule has 2 N–H and O–H groups in total. The van der Waals surface area contributed by atoms with Gasteiger partial charge in [-0.1, -0.05) is 6.92 Å². The first kappa shape index (κ1) is 11.7. The Bertz CT molecular complexity index is 343. The van der Waals surface area contributed by atoms with Crippen LogP contribution in [0.1, 0.15) is 18.9 Å². The Kier molecular flexibility index (Phi) is 4.07. The van der Waals surface area contributed by atoms with E-state index in [1.165, 1.54) is 12.2 Å². The summed E-state index contributed by atoms with van der Waals surface area (Å²) in [5.74, 6) is 2.29. The predicted octanol–water partition coefficient (Wildman–Crippen LogP) is 1.87. The molecule has 0 amide bonds. The van der Waals surface area contributed by atoms with E-state index in [0.29, 0.717) is 6.54 Å². The van der Waals surface area contributed by atoms with Gasteiger partial charge >= 0.3 is 0 Å². The lowest BCUT2D eigenvalue weighted by Crippen LogP contribution is -2.38. The molecule has 0 aromatic carbocycles. The third-order valence-electron chi connectivity index (χ3n) is 2.96. The van der Waals surface area contributed by atoms with Gasteiger partial charge < -0.3 is 10.6 Å². The molecule has 88 valence electrons. The Morgan fingerprint density at radius 3 is 3.25 bits per heavy atom. The van der Waals surface area contributed by atoms with Gasteiger partial charge in [-0.25, -0.2) is 4.98 Å². The number of anilines is 1. The van der Waals surface area contributed by atoms with E-state index >= 15 is 0 Å². The summed E-state index contributed by atoms with van der Waals surface area (Å²) >= 11 is 2.08. The highest BCUT2D eigenvalue weighted by Gasteiger charge is 2.19. The summed E-state index contributed by atoms with van der Waals surface area (Å²) in [4.78, 5) is 6.82. The first-order valence-electron chi connectivity index (χ1n) is 5.85. The van der Waals surface area contributed by atoms with E-state index in [9.17, 15) is 0 Å². The van der Waals surface area contributed by atoms with E-state index in [4.69, 9.17) is 5.73 Å². The van der Waals surface area contributed by atoms with E-state index in [1.807, 2.05) is 12.3 Å².